The van der Waals surface area contributed by atoms with Crippen molar-refractivity contribution >= 4 is 28.7 Å². The van der Waals surface area contributed by atoms with Crippen LogP contribution in [0.4, 0.5) is 9.93 Å². The topological polar surface area (TPSA) is 117 Å². The Morgan fingerprint density at radius 3 is 2.50 bits per heavy atom. The normalized spacial score (nSPS) is 18.0. The van der Waals surface area contributed by atoms with Gasteiger partial charge in [-0.25, -0.2) is 4.79 Å². The molecular weight excluding hydrogens is 282 g/mol. The van der Waals surface area contributed by atoms with E-state index in [9.17, 15) is 14.7 Å². The van der Waals surface area contributed by atoms with Crippen molar-refractivity contribution in [1.82, 2.24) is 20.1 Å². The maximum atomic E-state index is 11.7. The molecule has 1 saturated carbocycles. The minimum absolute atomic E-state index is 0.125. The number of carboxylic acids is 1. The van der Waals surface area contributed by atoms with E-state index in [1.807, 2.05) is 0 Å². The van der Waals surface area contributed by atoms with Crippen molar-refractivity contribution in [2.45, 2.75) is 38.5 Å². The largest absolute Gasteiger partial charge is 0.481 e. The lowest BCUT2D eigenvalue weighted by molar-refractivity contribution is -0.149. The maximum Gasteiger partial charge on any atom is 0.321 e. The number of aromatic nitrogens is 3. The summed E-state index contributed by atoms with van der Waals surface area (Å²) in [7, 11) is 0. The van der Waals surface area contributed by atoms with E-state index in [2.05, 4.69) is 25.4 Å². The zero-order valence-corrected chi connectivity index (χ0v) is 11.8. The molecule has 0 saturated heterocycles. The van der Waals surface area contributed by atoms with Crippen LogP contribution in [0.2, 0.25) is 0 Å². The molecule has 1 aromatic rings. The first-order valence-corrected chi connectivity index (χ1v) is 7.33. The molecular formula is C11H17N5O3S. The van der Waals surface area contributed by atoms with E-state index >= 15 is 0 Å². The third kappa shape index (κ3) is 3.62. The number of nitrogens with zero attached hydrogens (tertiary/aromatic N) is 3. The fraction of sp³-hybridized carbons (Fsp3) is 0.727. The molecule has 2 rings (SSSR count). The summed E-state index contributed by atoms with van der Waals surface area (Å²) in [6.45, 7) is 0.125. The van der Waals surface area contributed by atoms with Crippen LogP contribution in [-0.4, -0.2) is 38.5 Å². The van der Waals surface area contributed by atoms with Crippen LogP contribution < -0.4 is 10.6 Å². The number of hydrogen-bond acceptors (Lipinski definition) is 6. The van der Waals surface area contributed by atoms with Gasteiger partial charge in [0.15, 0.2) is 0 Å². The van der Waals surface area contributed by atoms with Crippen LogP contribution in [0, 0.1) is 5.41 Å². The number of hydrogen-bond donors (Lipinski definition) is 3. The minimum atomic E-state index is -0.854. The third-order valence-electron chi connectivity index (χ3n) is 3.62. The summed E-state index contributed by atoms with van der Waals surface area (Å²) in [6, 6.07) is -0.478. The smallest absolute Gasteiger partial charge is 0.321 e. The van der Waals surface area contributed by atoms with Gasteiger partial charge in [-0.15, -0.1) is 0 Å². The Hall–Kier alpha value is -1.77. The molecule has 0 bridgehead atoms. The lowest BCUT2D eigenvalue weighted by atomic mass is 9.80. The van der Waals surface area contributed by atoms with Gasteiger partial charge in [0.2, 0.25) is 5.13 Å². The first-order chi connectivity index (χ1) is 9.62. The van der Waals surface area contributed by atoms with E-state index in [0.29, 0.717) is 12.8 Å². The monoisotopic (exact) mass is 299 g/mol. The van der Waals surface area contributed by atoms with Crippen LogP contribution in [0.1, 0.15) is 38.5 Å². The highest BCUT2D eigenvalue weighted by Gasteiger charge is 2.38. The Morgan fingerprint density at radius 1 is 1.25 bits per heavy atom. The van der Waals surface area contributed by atoms with Gasteiger partial charge in [-0.2, -0.15) is 0 Å². The van der Waals surface area contributed by atoms with Crippen LogP contribution in [0.5, 0.6) is 0 Å². The molecule has 110 valence electrons. The van der Waals surface area contributed by atoms with Crippen molar-refractivity contribution in [3.8, 4) is 0 Å². The molecule has 0 spiro atoms. The van der Waals surface area contributed by atoms with Gasteiger partial charge in [0.05, 0.1) is 5.41 Å². The molecule has 0 aliphatic heterocycles. The molecule has 1 heterocycles. The predicted octanol–water partition coefficient (Wildman–Crippen LogP) is 1.48. The second kappa shape index (κ2) is 6.60. The number of anilines is 1. The minimum Gasteiger partial charge on any atom is -0.481 e. The van der Waals surface area contributed by atoms with Crippen molar-refractivity contribution in [3.05, 3.63) is 0 Å². The van der Waals surface area contributed by atoms with E-state index in [1.54, 1.807) is 0 Å². The van der Waals surface area contributed by atoms with Crippen molar-refractivity contribution in [3.63, 3.8) is 0 Å². The second-order valence-electron chi connectivity index (χ2n) is 4.97. The summed E-state index contributed by atoms with van der Waals surface area (Å²) in [6.07, 6.45) is 5.08. The van der Waals surface area contributed by atoms with Gasteiger partial charge in [0.1, 0.15) is 0 Å². The number of urea groups is 1. The quantitative estimate of drug-likeness (QED) is 0.725. The Labute approximate surface area is 120 Å². The molecule has 2 amide bonds. The highest BCUT2D eigenvalue weighted by Crippen LogP contribution is 2.34. The zero-order valence-electron chi connectivity index (χ0n) is 11.0. The van der Waals surface area contributed by atoms with Gasteiger partial charge in [-0.05, 0) is 18.1 Å². The van der Waals surface area contributed by atoms with Gasteiger partial charge in [0, 0.05) is 18.1 Å². The first kappa shape index (κ1) is 14.6. The van der Waals surface area contributed by atoms with Crippen molar-refractivity contribution in [1.29, 1.82) is 0 Å². The summed E-state index contributed by atoms with van der Waals surface area (Å²) in [5, 5.41) is 21.8. The fourth-order valence-corrected chi connectivity index (χ4v) is 2.81. The van der Waals surface area contributed by atoms with Gasteiger partial charge in [-0.3, -0.25) is 10.1 Å². The molecule has 1 aliphatic rings. The van der Waals surface area contributed by atoms with E-state index in [1.165, 1.54) is 0 Å². The second-order valence-corrected chi connectivity index (χ2v) is 5.71. The molecule has 0 atom stereocenters. The Morgan fingerprint density at radius 2 is 1.95 bits per heavy atom. The molecule has 9 heteroatoms. The summed E-state index contributed by atoms with van der Waals surface area (Å²) >= 11 is 0.961. The molecule has 0 unspecified atom stereocenters. The van der Waals surface area contributed by atoms with E-state index in [0.717, 1.165) is 37.2 Å². The Kier molecular flexibility index (Phi) is 4.83. The van der Waals surface area contributed by atoms with Crippen LogP contribution in [0.25, 0.3) is 0 Å². The average molecular weight is 299 g/mol. The van der Waals surface area contributed by atoms with Crippen molar-refractivity contribution < 1.29 is 14.7 Å². The molecule has 1 aromatic heterocycles. The van der Waals surface area contributed by atoms with E-state index in [-0.39, 0.29) is 11.7 Å². The Balaban J connectivity index is 1.91. The number of carbonyl (C=O) groups is 2. The highest BCUT2D eigenvalue weighted by molar-refractivity contribution is 7.09. The SMILES string of the molecule is O=C(NCC1(C(=O)O)CCCCCC1)Nc1nnns1. The van der Waals surface area contributed by atoms with Gasteiger partial charge in [-0.1, -0.05) is 35.3 Å². The third-order valence-corrected chi connectivity index (χ3v) is 4.13. The molecule has 1 aliphatic carbocycles. The number of amides is 2. The molecule has 0 radical (unpaired) electrons. The van der Waals surface area contributed by atoms with Gasteiger partial charge >= 0.3 is 12.0 Å². The van der Waals surface area contributed by atoms with E-state index in [4.69, 9.17) is 0 Å². The lowest BCUT2D eigenvalue weighted by Gasteiger charge is -2.28. The predicted molar refractivity (Wildman–Crippen MR) is 72.5 cm³/mol. The summed E-state index contributed by atoms with van der Waals surface area (Å²) in [5.41, 5.74) is -0.854. The number of carbonyl (C=O) groups excluding carboxylic acids is 1. The van der Waals surface area contributed by atoms with Gasteiger partial charge in [0.25, 0.3) is 0 Å². The van der Waals surface area contributed by atoms with Crippen LogP contribution in [0.15, 0.2) is 0 Å². The van der Waals surface area contributed by atoms with Crippen LogP contribution >= 0.6 is 11.5 Å². The van der Waals surface area contributed by atoms with Crippen LogP contribution in [-0.2, 0) is 4.79 Å². The highest BCUT2D eigenvalue weighted by atomic mass is 32.1. The molecule has 0 aromatic carbocycles. The molecule has 1 fully saturated rings. The number of aliphatic carboxylic acids is 1. The van der Waals surface area contributed by atoms with Crippen LogP contribution in [0.3, 0.4) is 0 Å². The fourth-order valence-electron chi connectivity index (χ4n) is 2.44. The van der Waals surface area contributed by atoms with Crippen molar-refractivity contribution in [2.75, 3.05) is 11.9 Å². The number of carboxylic acid groups (broad SMARTS) is 1. The van der Waals surface area contributed by atoms with E-state index < -0.39 is 17.4 Å². The summed E-state index contributed by atoms with van der Waals surface area (Å²) in [5.74, 6) is -0.836. The summed E-state index contributed by atoms with van der Waals surface area (Å²) < 4.78 is 3.52. The van der Waals surface area contributed by atoms with Crippen molar-refractivity contribution in [2.24, 2.45) is 5.41 Å². The zero-order chi connectivity index (χ0) is 14.4. The maximum absolute atomic E-state index is 11.7. The van der Waals surface area contributed by atoms with Gasteiger partial charge < -0.3 is 10.4 Å². The lowest BCUT2D eigenvalue weighted by Crippen LogP contribution is -2.44. The molecule has 20 heavy (non-hydrogen) atoms. The Bertz CT molecular complexity index is 457. The number of nitrogens with one attached hydrogen (secondary N) is 2. The number of rotatable bonds is 4. The standard InChI is InChI=1S/C11H17N5O3S/c17-8(18)11(5-3-1-2-4-6-11)7-12-9(19)13-10-14-15-16-20-10/h1-7H2,(H,17,18)(H2,12,13,14,16,19). The first-order valence-electron chi connectivity index (χ1n) is 6.56. The summed E-state index contributed by atoms with van der Waals surface area (Å²) in [4.78, 5) is 23.3. The molecule has 8 nitrogen and oxygen atoms in total. The molecule has 3 N–H and O–H groups in total. The average Bonchev–Trinajstić information content (AvgIpc) is 2.79.